The maximum absolute atomic E-state index is 12.1. The summed E-state index contributed by atoms with van der Waals surface area (Å²) in [5, 5.41) is 7.52. The first-order chi connectivity index (χ1) is 10.7. The van der Waals surface area contributed by atoms with Gasteiger partial charge in [-0.2, -0.15) is 0 Å². The lowest BCUT2D eigenvalue weighted by molar-refractivity contribution is -0.115. The molecule has 1 amide bonds. The van der Waals surface area contributed by atoms with Crippen LogP contribution in [0.1, 0.15) is 29.2 Å². The number of hydrogen-bond acceptors (Lipinski definition) is 4. The van der Waals surface area contributed by atoms with E-state index in [1.54, 1.807) is 17.4 Å². The Morgan fingerprint density at radius 2 is 2.14 bits per heavy atom. The van der Waals surface area contributed by atoms with Gasteiger partial charge >= 0.3 is 0 Å². The SMILES string of the molecule is O=C(Cc1ccccc1Cl)Nc1ncc(C2CCNCC2)s1. The number of halogens is 1. The van der Waals surface area contributed by atoms with Crippen LogP contribution in [0, 0.1) is 0 Å². The van der Waals surface area contributed by atoms with E-state index in [1.807, 2.05) is 24.4 Å². The molecule has 1 saturated heterocycles. The number of thiazole rings is 1. The molecule has 3 rings (SSSR count). The van der Waals surface area contributed by atoms with E-state index in [1.165, 1.54) is 4.88 Å². The number of anilines is 1. The molecule has 1 fully saturated rings. The van der Waals surface area contributed by atoms with Crippen molar-refractivity contribution in [3.63, 3.8) is 0 Å². The van der Waals surface area contributed by atoms with Gasteiger partial charge in [0.2, 0.25) is 5.91 Å². The van der Waals surface area contributed by atoms with E-state index in [0.717, 1.165) is 31.5 Å². The molecule has 2 N–H and O–H groups in total. The Morgan fingerprint density at radius 3 is 2.91 bits per heavy atom. The molecule has 22 heavy (non-hydrogen) atoms. The van der Waals surface area contributed by atoms with Gasteiger partial charge in [0, 0.05) is 16.1 Å². The summed E-state index contributed by atoms with van der Waals surface area (Å²) in [5.74, 6) is 0.479. The highest BCUT2D eigenvalue weighted by Crippen LogP contribution is 2.31. The Balaban J connectivity index is 1.60. The minimum absolute atomic E-state index is 0.0840. The normalized spacial score (nSPS) is 15.7. The molecule has 4 nitrogen and oxygen atoms in total. The Hall–Kier alpha value is -1.43. The molecule has 1 aromatic heterocycles. The van der Waals surface area contributed by atoms with Crippen LogP contribution < -0.4 is 10.6 Å². The first kappa shape index (κ1) is 15.5. The molecule has 2 heterocycles. The van der Waals surface area contributed by atoms with Crippen molar-refractivity contribution in [3.05, 3.63) is 45.9 Å². The first-order valence-electron chi connectivity index (χ1n) is 7.42. The average molecular weight is 336 g/mol. The van der Waals surface area contributed by atoms with Crippen LogP contribution in [0.25, 0.3) is 0 Å². The standard InChI is InChI=1S/C16H18ClN3OS/c17-13-4-2-1-3-12(13)9-15(21)20-16-19-10-14(22-16)11-5-7-18-8-6-11/h1-4,10-11,18H,5-9H2,(H,19,20,21). The highest BCUT2D eigenvalue weighted by atomic mass is 35.5. The smallest absolute Gasteiger partial charge is 0.230 e. The number of aromatic nitrogens is 1. The number of amides is 1. The van der Waals surface area contributed by atoms with Crippen molar-refractivity contribution in [2.24, 2.45) is 0 Å². The number of carbonyl (C=O) groups excluding carboxylic acids is 1. The quantitative estimate of drug-likeness (QED) is 0.899. The number of nitrogens with one attached hydrogen (secondary N) is 2. The van der Waals surface area contributed by atoms with Gasteiger partial charge in [-0.3, -0.25) is 4.79 Å². The fraction of sp³-hybridized carbons (Fsp3) is 0.375. The summed E-state index contributed by atoms with van der Waals surface area (Å²) >= 11 is 7.66. The van der Waals surface area contributed by atoms with Crippen molar-refractivity contribution in [2.75, 3.05) is 18.4 Å². The summed E-state index contributed by atoms with van der Waals surface area (Å²) in [7, 11) is 0. The number of carbonyl (C=O) groups is 1. The van der Waals surface area contributed by atoms with Gasteiger partial charge in [0.25, 0.3) is 0 Å². The van der Waals surface area contributed by atoms with E-state index in [9.17, 15) is 4.79 Å². The summed E-state index contributed by atoms with van der Waals surface area (Å²) < 4.78 is 0. The third kappa shape index (κ3) is 3.85. The second-order valence-corrected chi connectivity index (χ2v) is 6.88. The summed E-state index contributed by atoms with van der Waals surface area (Å²) in [5.41, 5.74) is 0.830. The molecule has 0 saturated carbocycles. The lowest BCUT2D eigenvalue weighted by Gasteiger charge is -2.20. The zero-order chi connectivity index (χ0) is 15.4. The van der Waals surface area contributed by atoms with Crippen molar-refractivity contribution in [1.29, 1.82) is 0 Å². The largest absolute Gasteiger partial charge is 0.317 e. The molecule has 116 valence electrons. The molecule has 1 aliphatic heterocycles. The van der Waals surface area contributed by atoms with Crippen LogP contribution in [0.2, 0.25) is 5.02 Å². The van der Waals surface area contributed by atoms with Gasteiger partial charge in [-0.15, -0.1) is 11.3 Å². The van der Waals surface area contributed by atoms with E-state index in [-0.39, 0.29) is 12.3 Å². The van der Waals surface area contributed by atoms with E-state index in [2.05, 4.69) is 15.6 Å². The van der Waals surface area contributed by atoms with Gasteiger partial charge < -0.3 is 10.6 Å². The molecule has 0 bridgehead atoms. The third-order valence-corrected chi connectivity index (χ3v) is 5.26. The second kappa shape index (κ2) is 7.22. The summed E-state index contributed by atoms with van der Waals surface area (Å²) in [6.45, 7) is 2.10. The van der Waals surface area contributed by atoms with Crippen molar-refractivity contribution < 1.29 is 4.79 Å². The summed E-state index contributed by atoms with van der Waals surface area (Å²) in [6, 6.07) is 7.40. The minimum Gasteiger partial charge on any atom is -0.317 e. The topological polar surface area (TPSA) is 54.0 Å². The van der Waals surface area contributed by atoms with Crippen molar-refractivity contribution in [1.82, 2.24) is 10.3 Å². The number of piperidine rings is 1. The van der Waals surface area contributed by atoms with Gasteiger partial charge in [0.15, 0.2) is 5.13 Å². The van der Waals surface area contributed by atoms with Crippen LogP contribution in [0.5, 0.6) is 0 Å². The lowest BCUT2D eigenvalue weighted by Crippen LogP contribution is -2.26. The highest BCUT2D eigenvalue weighted by molar-refractivity contribution is 7.15. The molecule has 1 aliphatic rings. The molecule has 0 unspecified atom stereocenters. The maximum Gasteiger partial charge on any atom is 0.230 e. The van der Waals surface area contributed by atoms with Gasteiger partial charge in [0.1, 0.15) is 0 Å². The molecule has 0 aliphatic carbocycles. The average Bonchev–Trinajstić information content (AvgIpc) is 2.99. The summed E-state index contributed by atoms with van der Waals surface area (Å²) in [6.07, 6.45) is 4.43. The van der Waals surface area contributed by atoms with Crippen molar-refractivity contribution in [3.8, 4) is 0 Å². The van der Waals surface area contributed by atoms with Crippen LogP contribution in [0.4, 0.5) is 5.13 Å². The molecular formula is C16H18ClN3OS. The van der Waals surface area contributed by atoms with Gasteiger partial charge in [-0.05, 0) is 43.5 Å². The van der Waals surface area contributed by atoms with E-state index >= 15 is 0 Å². The fourth-order valence-electron chi connectivity index (χ4n) is 2.62. The molecular weight excluding hydrogens is 318 g/mol. The Kier molecular flexibility index (Phi) is 5.08. The number of nitrogens with zero attached hydrogens (tertiary/aromatic N) is 1. The lowest BCUT2D eigenvalue weighted by atomic mass is 9.97. The second-order valence-electron chi connectivity index (χ2n) is 5.41. The minimum atomic E-state index is -0.0840. The van der Waals surface area contributed by atoms with Crippen LogP contribution in [-0.4, -0.2) is 24.0 Å². The fourth-order valence-corrected chi connectivity index (χ4v) is 3.82. The van der Waals surface area contributed by atoms with E-state index in [4.69, 9.17) is 11.6 Å². The summed E-state index contributed by atoms with van der Waals surface area (Å²) in [4.78, 5) is 17.7. The number of benzene rings is 1. The molecule has 0 radical (unpaired) electrons. The predicted octanol–water partition coefficient (Wildman–Crippen LogP) is 3.44. The van der Waals surface area contributed by atoms with Gasteiger partial charge in [-0.25, -0.2) is 4.98 Å². The van der Waals surface area contributed by atoms with E-state index < -0.39 is 0 Å². The Morgan fingerprint density at radius 1 is 1.36 bits per heavy atom. The third-order valence-electron chi connectivity index (χ3n) is 3.82. The maximum atomic E-state index is 12.1. The molecule has 0 atom stereocenters. The Labute approximate surface area is 138 Å². The van der Waals surface area contributed by atoms with Gasteiger partial charge in [0.05, 0.1) is 6.42 Å². The molecule has 1 aromatic carbocycles. The van der Waals surface area contributed by atoms with Crippen molar-refractivity contribution >= 4 is 34.0 Å². The Bertz CT molecular complexity index is 652. The monoisotopic (exact) mass is 335 g/mol. The highest BCUT2D eigenvalue weighted by Gasteiger charge is 2.18. The van der Waals surface area contributed by atoms with Crippen LogP contribution in [-0.2, 0) is 11.2 Å². The zero-order valence-electron chi connectivity index (χ0n) is 12.1. The number of hydrogen-bond donors (Lipinski definition) is 2. The number of rotatable bonds is 4. The molecule has 2 aromatic rings. The van der Waals surface area contributed by atoms with Gasteiger partial charge in [-0.1, -0.05) is 29.8 Å². The molecule has 6 heteroatoms. The van der Waals surface area contributed by atoms with Crippen LogP contribution in [0.15, 0.2) is 30.5 Å². The predicted molar refractivity (Wildman–Crippen MR) is 90.7 cm³/mol. The van der Waals surface area contributed by atoms with E-state index in [0.29, 0.717) is 16.1 Å². The van der Waals surface area contributed by atoms with Crippen LogP contribution in [0.3, 0.4) is 0 Å². The first-order valence-corrected chi connectivity index (χ1v) is 8.61. The van der Waals surface area contributed by atoms with Crippen molar-refractivity contribution in [2.45, 2.75) is 25.2 Å². The zero-order valence-corrected chi connectivity index (χ0v) is 13.7. The van der Waals surface area contributed by atoms with Crippen LogP contribution >= 0.6 is 22.9 Å². The molecule has 0 spiro atoms.